The van der Waals surface area contributed by atoms with Crippen LogP contribution < -0.4 is 10.1 Å². The second kappa shape index (κ2) is 6.81. The number of hydrogen-bond donors (Lipinski definition) is 1. The van der Waals surface area contributed by atoms with E-state index in [1.165, 1.54) is 17.4 Å². The molecule has 0 unspecified atom stereocenters. The molecule has 0 fully saturated rings. The van der Waals surface area contributed by atoms with Crippen LogP contribution in [0, 0.1) is 5.82 Å². The number of halogens is 1. The van der Waals surface area contributed by atoms with Gasteiger partial charge in [-0.1, -0.05) is 19.9 Å². The number of ether oxygens (including phenoxy) is 1. The Kier molecular flexibility index (Phi) is 5.09. The van der Waals surface area contributed by atoms with Crippen LogP contribution in [0.15, 0.2) is 18.2 Å². The summed E-state index contributed by atoms with van der Waals surface area (Å²) in [5.41, 5.74) is 1.48. The van der Waals surface area contributed by atoms with Crippen molar-refractivity contribution in [1.82, 2.24) is 10.3 Å². The van der Waals surface area contributed by atoms with Crippen molar-refractivity contribution in [2.45, 2.75) is 26.8 Å². The molecule has 0 aliphatic rings. The number of aryl methyl sites for hydroxylation is 1. The smallest absolute Gasteiger partial charge is 0.137 e. The van der Waals surface area contributed by atoms with Gasteiger partial charge in [-0.05, 0) is 25.1 Å². The average molecular weight is 294 g/mol. The van der Waals surface area contributed by atoms with Gasteiger partial charge in [-0.2, -0.15) is 0 Å². The number of thiazole rings is 1. The van der Waals surface area contributed by atoms with Crippen molar-refractivity contribution < 1.29 is 9.13 Å². The zero-order chi connectivity index (χ0) is 14.5. The lowest BCUT2D eigenvalue weighted by Gasteiger charge is -2.06. The first kappa shape index (κ1) is 14.9. The molecule has 2 aromatic rings. The Morgan fingerprint density at radius 2 is 2.15 bits per heavy atom. The minimum Gasteiger partial charge on any atom is -0.496 e. The zero-order valence-electron chi connectivity index (χ0n) is 12.0. The zero-order valence-corrected chi connectivity index (χ0v) is 12.8. The van der Waals surface area contributed by atoms with Gasteiger partial charge in [-0.3, -0.25) is 0 Å². The lowest BCUT2D eigenvalue weighted by Crippen LogP contribution is -2.11. The minimum absolute atomic E-state index is 0.296. The summed E-state index contributed by atoms with van der Waals surface area (Å²) in [6, 6.07) is 4.84. The van der Waals surface area contributed by atoms with E-state index >= 15 is 0 Å². The van der Waals surface area contributed by atoms with Crippen molar-refractivity contribution in [2.75, 3.05) is 13.7 Å². The monoisotopic (exact) mass is 294 g/mol. The molecule has 3 nitrogen and oxygen atoms in total. The molecule has 0 aliphatic heterocycles. The van der Waals surface area contributed by atoms with Gasteiger partial charge in [0.25, 0.3) is 0 Å². The number of methoxy groups -OCH3 is 1. The third-order valence-electron chi connectivity index (χ3n) is 3.06. The number of hydrogen-bond acceptors (Lipinski definition) is 4. The van der Waals surface area contributed by atoms with E-state index in [-0.39, 0.29) is 5.82 Å². The summed E-state index contributed by atoms with van der Waals surface area (Å²) in [6.07, 6.45) is 0.841. The van der Waals surface area contributed by atoms with Gasteiger partial charge in [0, 0.05) is 11.4 Å². The van der Waals surface area contributed by atoms with Crippen molar-refractivity contribution in [2.24, 2.45) is 0 Å². The summed E-state index contributed by atoms with van der Waals surface area (Å²) in [5, 5.41) is 3.98. The van der Waals surface area contributed by atoms with Gasteiger partial charge in [0.1, 0.15) is 16.6 Å². The molecule has 1 heterocycles. The maximum atomic E-state index is 14.1. The van der Waals surface area contributed by atoms with Gasteiger partial charge in [0.15, 0.2) is 0 Å². The molecule has 5 heteroatoms. The van der Waals surface area contributed by atoms with E-state index in [2.05, 4.69) is 24.1 Å². The van der Waals surface area contributed by atoms with Crippen LogP contribution in [0.5, 0.6) is 5.75 Å². The first-order chi connectivity index (χ1) is 9.71. The third kappa shape index (κ3) is 2.99. The quantitative estimate of drug-likeness (QED) is 0.883. The molecule has 1 aromatic heterocycles. The minimum atomic E-state index is -0.296. The van der Waals surface area contributed by atoms with E-state index in [0.717, 1.165) is 30.1 Å². The highest BCUT2D eigenvalue weighted by atomic mass is 32.1. The molecule has 0 bridgehead atoms. The van der Waals surface area contributed by atoms with Crippen LogP contribution in [0.2, 0.25) is 0 Å². The van der Waals surface area contributed by atoms with Crippen molar-refractivity contribution >= 4 is 11.3 Å². The highest BCUT2D eigenvalue weighted by Crippen LogP contribution is 2.36. The van der Waals surface area contributed by atoms with Crippen LogP contribution >= 0.6 is 11.3 Å². The van der Waals surface area contributed by atoms with Gasteiger partial charge in [-0.25, -0.2) is 9.37 Å². The summed E-state index contributed by atoms with van der Waals surface area (Å²) in [5.74, 6) is 0.229. The van der Waals surface area contributed by atoms with E-state index in [9.17, 15) is 4.39 Å². The number of rotatable bonds is 6. The Hall–Kier alpha value is -1.46. The maximum absolute atomic E-state index is 14.1. The molecule has 108 valence electrons. The van der Waals surface area contributed by atoms with Crippen LogP contribution in [-0.2, 0) is 13.0 Å². The summed E-state index contributed by atoms with van der Waals surface area (Å²) in [4.78, 5) is 5.74. The number of benzene rings is 1. The molecule has 20 heavy (non-hydrogen) atoms. The molecular formula is C15H19FN2OS. The fourth-order valence-corrected chi connectivity index (χ4v) is 3.20. The molecule has 0 saturated heterocycles. The summed E-state index contributed by atoms with van der Waals surface area (Å²) < 4.78 is 19.3. The Balaban J connectivity index is 2.45. The fraction of sp³-hybridized carbons (Fsp3) is 0.400. The van der Waals surface area contributed by atoms with Crippen molar-refractivity contribution in [1.29, 1.82) is 0 Å². The standard InChI is InChI=1S/C15H19FN2OS/c1-4-11-13(9-17-5-2)20-15(18-11)14-10(16)7-6-8-12(14)19-3/h6-8,17H,4-5,9H2,1-3H3. The lowest BCUT2D eigenvalue weighted by atomic mass is 10.2. The Morgan fingerprint density at radius 1 is 1.35 bits per heavy atom. The Morgan fingerprint density at radius 3 is 2.80 bits per heavy atom. The van der Waals surface area contributed by atoms with Crippen LogP contribution in [0.4, 0.5) is 4.39 Å². The maximum Gasteiger partial charge on any atom is 0.137 e. The van der Waals surface area contributed by atoms with E-state index < -0.39 is 0 Å². The van der Waals surface area contributed by atoms with Crippen molar-refractivity contribution in [3.8, 4) is 16.3 Å². The molecule has 0 aliphatic carbocycles. The molecule has 0 radical (unpaired) electrons. The fourth-order valence-electron chi connectivity index (χ4n) is 2.03. The largest absolute Gasteiger partial charge is 0.496 e. The van der Waals surface area contributed by atoms with Crippen LogP contribution in [0.3, 0.4) is 0 Å². The predicted octanol–water partition coefficient (Wildman–Crippen LogP) is 3.63. The number of nitrogens with one attached hydrogen (secondary N) is 1. The first-order valence-corrected chi connectivity index (χ1v) is 7.55. The molecule has 1 N–H and O–H groups in total. The third-order valence-corrected chi connectivity index (χ3v) is 4.17. The normalized spacial score (nSPS) is 10.8. The summed E-state index contributed by atoms with van der Waals surface area (Å²) in [7, 11) is 1.55. The van der Waals surface area contributed by atoms with Gasteiger partial charge < -0.3 is 10.1 Å². The molecule has 0 saturated carbocycles. The van der Waals surface area contributed by atoms with Gasteiger partial charge in [0.05, 0.1) is 18.4 Å². The van der Waals surface area contributed by atoms with Gasteiger partial charge >= 0.3 is 0 Å². The number of nitrogens with zero attached hydrogens (tertiary/aromatic N) is 1. The van der Waals surface area contributed by atoms with Crippen molar-refractivity contribution in [3.63, 3.8) is 0 Å². The SMILES string of the molecule is CCNCc1sc(-c2c(F)cccc2OC)nc1CC. The topological polar surface area (TPSA) is 34.1 Å². The van der Waals surface area contributed by atoms with Crippen LogP contribution in [0.25, 0.3) is 10.6 Å². The van der Waals surface area contributed by atoms with Crippen molar-refractivity contribution in [3.05, 3.63) is 34.6 Å². The lowest BCUT2D eigenvalue weighted by molar-refractivity contribution is 0.413. The van der Waals surface area contributed by atoms with Crippen LogP contribution in [-0.4, -0.2) is 18.6 Å². The number of aromatic nitrogens is 1. The predicted molar refractivity (Wildman–Crippen MR) is 80.8 cm³/mol. The van der Waals surface area contributed by atoms with E-state index in [0.29, 0.717) is 16.3 Å². The molecular weight excluding hydrogens is 275 g/mol. The molecule has 0 amide bonds. The molecule has 0 atom stereocenters. The second-order valence-electron chi connectivity index (χ2n) is 4.34. The second-order valence-corrected chi connectivity index (χ2v) is 5.42. The van der Waals surface area contributed by atoms with Crippen LogP contribution in [0.1, 0.15) is 24.4 Å². The van der Waals surface area contributed by atoms with Gasteiger partial charge in [-0.15, -0.1) is 11.3 Å². The van der Waals surface area contributed by atoms with E-state index in [1.54, 1.807) is 19.2 Å². The summed E-state index contributed by atoms with van der Waals surface area (Å²) in [6.45, 7) is 5.80. The molecule has 0 spiro atoms. The highest BCUT2D eigenvalue weighted by Gasteiger charge is 2.18. The van der Waals surface area contributed by atoms with E-state index in [4.69, 9.17) is 4.74 Å². The van der Waals surface area contributed by atoms with E-state index in [1.807, 2.05) is 0 Å². The summed E-state index contributed by atoms with van der Waals surface area (Å²) >= 11 is 1.53. The highest BCUT2D eigenvalue weighted by molar-refractivity contribution is 7.15. The first-order valence-electron chi connectivity index (χ1n) is 6.73. The molecule has 2 rings (SSSR count). The Labute approximate surface area is 122 Å². The average Bonchev–Trinajstić information content (AvgIpc) is 2.87. The van der Waals surface area contributed by atoms with Gasteiger partial charge in [0.2, 0.25) is 0 Å². The Bertz CT molecular complexity index is 583. The molecule has 1 aromatic carbocycles.